The molecule has 1 aliphatic rings. The number of carbonyl (C=O) groups is 3. The van der Waals surface area contributed by atoms with E-state index in [0.29, 0.717) is 0 Å². The Balaban J connectivity index is 1.60. The number of nitrogens with zero attached hydrogens (tertiary/aromatic N) is 1. The summed E-state index contributed by atoms with van der Waals surface area (Å²) in [5.41, 5.74) is -0.613. The summed E-state index contributed by atoms with van der Waals surface area (Å²) >= 11 is 0. The molecular weight excluding hydrogens is 460 g/mol. The minimum absolute atomic E-state index is 0.00984. The summed E-state index contributed by atoms with van der Waals surface area (Å²) in [6.45, 7) is -0.779. The Morgan fingerprint density at radius 2 is 1.70 bits per heavy atom. The van der Waals surface area contributed by atoms with Crippen LogP contribution in [0.15, 0.2) is 47.4 Å². The highest BCUT2D eigenvalue weighted by molar-refractivity contribution is 7.89. The molecular formula is C22H21F2NO7S. The maximum atomic E-state index is 13.7. The molecule has 0 saturated carbocycles. The molecule has 1 heterocycles. The van der Waals surface area contributed by atoms with Crippen LogP contribution in [0, 0.1) is 17.6 Å². The highest BCUT2D eigenvalue weighted by Gasteiger charge is 2.35. The first-order valence-electron chi connectivity index (χ1n) is 9.97. The van der Waals surface area contributed by atoms with Gasteiger partial charge in [-0.15, -0.1) is 0 Å². The molecule has 2 aromatic carbocycles. The first kappa shape index (κ1) is 24.5. The fourth-order valence-electron chi connectivity index (χ4n) is 3.48. The molecule has 1 fully saturated rings. The quantitative estimate of drug-likeness (QED) is 0.442. The van der Waals surface area contributed by atoms with E-state index >= 15 is 0 Å². The molecule has 0 atom stereocenters. The third kappa shape index (κ3) is 5.42. The number of ketones is 1. The zero-order valence-electron chi connectivity index (χ0n) is 17.6. The number of Topliss-reactive ketones (excluding diaryl/α,β-unsaturated/α-hetero) is 1. The Bertz CT molecular complexity index is 1180. The molecule has 0 bridgehead atoms. The predicted molar refractivity (Wildman–Crippen MR) is 111 cm³/mol. The first-order chi connectivity index (χ1) is 15.6. The van der Waals surface area contributed by atoms with Gasteiger partial charge in [-0.05, 0) is 43.2 Å². The number of methoxy groups -OCH3 is 1. The maximum Gasteiger partial charge on any atom is 0.339 e. The van der Waals surface area contributed by atoms with Gasteiger partial charge in [0.25, 0.3) is 0 Å². The van der Waals surface area contributed by atoms with Crippen LogP contribution >= 0.6 is 0 Å². The lowest BCUT2D eigenvalue weighted by Gasteiger charge is -2.30. The van der Waals surface area contributed by atoms with Gasteiger partial charge in [-0.25, -0.2) is 22.0 Å². The number of rotatable bonds is 7. The van der Waals surface area contributed by atoms with Crippen molar-refractivity contribution < 1.29 is 41.1 Å². The van der Waals surface area contributed by atoms with Crippen LogP contribution in [-0.4, -0.2) is 57.3 Å². The van der Waals surface area contributed by atoms with Crippen molar-refractivity contribution in [3.05, 3.63) is 65.2 Å². The van der Waals surface area contributed by atoms with Gasteiger partial charge in [0.05, 0.1) is 29.1 Å². The van der Waals surface area contributed by atoms with Crippen LogP contribution in [0.2, 0.25) is 0 Å². The van der Waals surface area contributed by atoms with Gasteiger partial charge in [-0.3, -0.25) is 9.59 Å². The summed E-state index contributed by atoms with van der Waals surface area (Å²) in [5, 5.41) is 0. The molecule has 2 aromatic rings. The monoisotopic (exact) mass is 481 g/mol. The Hall–Kier alpha value is -3.18. The Morgan fingerprint density at radius 1 is 1.03 bits per heavy atom. The Kier molecular flexibility index (Phi) is 7.54. The molecule has 0 N–H and O–H groups in total. The molecule has 0 aromatic heterocycles. The maximum absolute atomic E-state index is 13.7. The zero-order chi connectivity index (χ0) is 24.2. The van der Waals surface area contributed by atoms with Crippen LogP contribution in [0.25, 0.3) is 0 Å². The number of ether oxygens (including phenoxy) is 2. The number of carbonyl (C=O) groups excluding carboxylic acids is 3. The van der Waals surface area contributed by atoms with E-state index in [4.69, 9.17) is 4.74 Å². The number of sulfonamides is 1. The summed E-state index contributed by atoms with van der Waals surface area (Å²) in [6.07, 6.45) is 0.252. The van der Waals surface area contributed by atoms with Crippen molar-refractivity contribution in [3.63, 3.8) is 0 Å². The van der Waals surface area contributed by atoms with E-state index in [-0.39, 0.29) is 36.4 Å². The van der Waals surface area contributed by atoms with Gasteiger partial charge in [0.2, 0.25) is 15.8 Å². The van der Waals surface area contributed by atoms with Crippen molar-refractivity contribution in [1.29, 1.82) is 0 Å². The van der Waals surface area contributed by atoms with Crippen molar-refractivity contribution in [2.45, 2.75) is 17.7 Å². The normalized spacial score (nSPS) is 15.1. The van der Waals surface area contributed by atoms with Gasteiger partial charge in [0, 0.05) is 13.1 Å². The zero-order valence-corrected chi connectivity index (χ0v) is 18.4. The molecule has 11 heteroatoms. The third-order valence-corrected chi connectivity index (χ3v) is 7.23. The topological polar surface area (TPSA) is 107 Å². The van der Waals surface area contributed by atoms with Crippen LogP contribution in [-0.2, 0) is 24.3 Å². The smallest absolute Gasteiger partial charge is 0.339 e. The van der Waals surface area contributed by atoms with Gasteiger partial charge in [0.1, 0.15) is 11.6 Å². The number of hydrogen-bond donors (Lipinski definition) is 0. The van der Waals surface area contributed by atoms with Crippen molar-refractivity contribution in [2.75, 3.05) is 26.8 Å². The average Bonchev–Trinajstić information content (AvgIpc) is 2.83. The lowest BCUT2D eigenvalue weighted by molar-refractivity contribution is -0.148. The van der Waals surface area contributed by atoms with Crippen molar-refractivity contribution in [3.8, 4) is 0 Å². The molecule has 0 spiro atoms. The number of hydrogen-bond acceptors (Lipinski definition) is 7. The molecule has 0 unspecified atom stereocenters. The summed E-state index contributed by atoms with van der Waals surface area (Å²) in [4.78, 5) is 36.1. The number of halogens is 2. The summed E-state index contributed by atoms with van der Waals surface area (Å²) in [5.74, 6) is -4.80. The number of esters is 2. The van der Waals surface area contributed by atoms with Crippen molar-refractivity contribution in [2.24, 2.45) is 5.92 Å². The van der Waals surface area contributed by atoms with E-state index < -0.39 is 57.5 Å². The molecule has 8 nitrogen and oxygen atoms in total. The molecule has 1 saturated heterocycles. The first-order valence-corrected chi connectivity index (χ1v) is 11.4. The SMILES string of the molecule is COC(=O)c1ccccc1S(=O)(=O)N1CCC(C(=O)OCC(=O)c2cc(F)ccc2F)CC1. The second-order valence-corrected chi connectivity index (χ2v) is 9.23. The van der Waals surface area contributed by atoms with Crippen LogP contribution in [0.5, 0.6) is 0 Å². The van der Waals surface area contributed by atoms with Gasteiger partial charge in [-0.1, -0.05) is 12.1 Å². The van der Waals surface area contributed by atoms with E-state index in [9.17, 15) is 31.6 Å². The fourth-order valence-corrected chi connectivity index (χ4v) is 5.13. The van der Waals surface area contributed by atoms with E-state index in [0.717, 1.165) is 29.6 Å². The largest absolute Gasteiger partial charge is 0.465 e. The van der Waals surface area contributed by atoms with Gasteiger partial charge in [-0.2, -0.15) is 4.31 Å². The number of benzene rings is 2. The van der Waals surface area contributed by atoms with E-state index in [2.05, 4.69) is 4.74 Å². The van der Waals surface area contributed by atoms with Gasteiger partial charge < -0.3 is 9.47 Å². The summed E-state index contributed by atoms with van der Waals surface area (Å²) in [6, 6.07) is 8.05. The fraction of sp³-hybridized carbons (Fsp3) is 0.318. The van der Waals surface area contributed by atoms with Crippen LogP contribution in [0.3, 0.4) is 0 Å². The predicted octanol–water partition coefficient (Wildman–Crippen LogP) is 2.58. The van der Waals surface area contributed by atoms with Gasteiger partial charge in [0.15, 0.2) is 6.61 Å². The van der Waals surface area contributed by atoms with Crippen LogP contribution in [0.4, 0.5) is 8.78 Å². The highest BCUT2D eigenvalue weighted by Crippen LogP contribution is 2.27. The lowest BCUT2D eigenvalue weighted by atomic mass is 9.98. The number of piperidine rings is 1. The molecule has 176 valence electrons. The minimum Gasteiger partial charge on any atom is -0.465 e. The molecule has 33 heavy (non-hydrogen) atoms. The minimum atomic E-state index is -4.02. The second-order valence-electron chi connectivity index (χ2n) is 7.32. The van der Waals surface area contributed by atoms with Crippen LogP contribution < -0.4 is 0 Å². The second kappa shape index (κ2) is 10.2. The van der Waals surface area contributed by atoms with E-state index in [1.54, 1.807) is 0 Å². The summed E-state index contributed by atoms with van der Waals surface area (Å²) in [7, 11) is -2.87. The molecule has 0 aliphatic carbocycles. The Labute approximate surface area is 189 Å². The highest BCUT2D eigenvalue weighted by atomic mass is 32.2. The van der Waals surface area contributed by atoms with Crippen molar-refractivity contribution in [1.82, 2.24) is 4.31 Å². The van der Waals surface area contributed by atoms with E-state index in [1.165, 1.54) is 24.3 Å². The van der Waals surface area contributed by atoms with Gasteiger partial charge >= 0.3 is 11.9 Å². The molecule has 3 rings (SSSR count). The molecule has 0 radical (unpaired) electrons. The molecule has 0 amide bonds. The van der Waals surface area contributed by atoms with Crippen molar-refractivity contribution >= 4 is 27.7 Å². The average molecular weight is 481 g/mol. The Morgan fingerprint density at radius 3 is 2.36 bits per heavy atom. The van der Waals surface area contributed by atoms with E-state index in [1.807, 2.05) is 0 Å². The van der Waals surface area contributed by atoms with Crippen LogP contribution in [0.1, 0.15) is 33.6 Å². The lowest BCUT2D eigenvalue weighted by Crippen LogP contribution is -2.41. The molecule has 1 aliphatic heterocycles. The summed E-state index contributed by atoms with van der Waals surface area (Å²) < 4.78 is 63.7. The standard InChI is InChI=1S/C22H21F2NO7S/c1-31-22(28)16-4-2-3-5-20(16)33(29,30)25-10-8-14(9-11-25)21(27)32-13-19(26)17-12-15(23)6-7-18(17)24/h2-7,12,14H,8-11,13H2,1H3. The third-order valence-electron chi connectivity index (χ3n) is 5.27.